The molecule has 2 unspecified atom stereocenters. The number of amides is 1. The number of hydrogen-bond acceptors (Lipinski definition) is 5. The summed E-state index contributed by atoms with van der Waals surface area (Å²) in [7, 11) is 0. The number of ketones is 1. The molecular formula is C39H36Cl2N2O4. The molecule has 2 aliphatic heterocycles. The first-order valence-electron chi connectivity index (χ1n) is 15.7. The number of benzene rings is 4. The monoisotopic (exact) mass is 666 g/mol. The Morgan fingerprint density at radius 2 is 1.47 bits per heavy atom. The second-order valence-corrected chi connectivity index (χ2v) is 12.5. The van der Waals surface area contributed by atoms with E-state index in [0.717, 1.165) is 60.1 Å². The maximum Gasteiger partial charge on any atom is 0.251 e. The molecule has 1 aliphatic carbocycles. The van der Waals surface area contributed by atoms with Crippen molar-refractivity contribution >= 4 is 52.3 Å². The number of anilines is 2. The summed E-state index contributed by atoms with van der Waals surface area (Å²) in [4.78, 5) is 30.0. The van der Waals surface area contributed by atoms with Gasteiger partial charge in [-0.1, -0.05) is 102 Å². The molecule has 0 radical (unpaired) electrons. The molecule has 1 fully saturated rings. The van der Waals surface area contributed by atoms with Crippen LogP contribution in [0.1, 0.15) is 47.1 Å². The number of halogens is 2. The Labute approximate surface area is 285 Å². The molecule has 47 heavy (non-hydrogen) atoms. The first kappa shape index (κ1) is 32.7. The normalized spacial score (nSPS) is 19.2. The van der Waals surface area contributed by atoms with Gasteiger partial charge >= 0.3 is 0 Å². The summed E-state index contributed by atoms with van der Waals surface area (Å²) >= 11 is 12.5. The lowest BCUT2D eigenvalue weighted by molar-refractivity contribution is -0.116. The molecule has 1 saturated heterocycles. The summed E-state index contributed by atoms with van der Waals surface area (Å²) in [5, 5.41) is 4.52. The maximum absolute atomic E-state index is 14.2. The summed E-state index contributed by atoms with van der Waals surface area (Å²) in [5.74, 6) is -0.283. The minimum absolute atomic E-state index is 0.00181. The summed E-state index contributed by atoms with van der Waals surface area (Å²) in [6.45, 7) is 5.14. The molecule has 3 aliphatic rings. The van der Waals surface area contributed by atoms with E-state index in [4.69, 9.17) is 32.7 Å². The van der Waals surface area contributed by atoms with Gasteiger partial charge in [0.25, 0.3) is 5.91 Å². The molecule has 6 nitrogen and oxygen atoms in total. The minimum atomic E-state index is -0.600. The van der Waals surface area contributed by atoms with Crippen molar-refractivity contribution in [3.63, 3.8) is 0 Å². The molecular weight excluding hydrogens is 631 g/mol. The summed E-state index contributed by atoms with van der Waals surface area (Å²) in [5.41, 5.74) is 6.79. The lowest BCUT2D eigenvalue weighted by atomic mass is 9.78. The van der Waals surface area contributed by atoms with Crippen molar-refractivity contribution in [3.8, 4) is 0 Å². The fourth-order valence-electron chi connectivity index (χ4n) is 6.15. The zero-order valence-corrected chi connectivity index (χ0v) is 27.6. The van der Waals surface area contributed by atoms with E-state index in [2.05, 4.69) is 5.32 Å². The second-order valence-electron chi connectivity index (χ2n) is 11.7. The van der Waals surface area contributed by atoms with Gasteiger partial charge in [0.2, 0.25) is 0 Å². The standard InChI is InChI=1S/C35H28Cl2N2O2.C4H8O2/c1-22-11-14-24(15-12-22)35-34-30(20-26(21-32(34)40)25-16-17-27(36)28(37)19-25)38-29-9-5-6-10-31(29)39(35)33(41)18-13-23-7-3-2-4-8-23;1-2-6-4-3-5-1/h2-19,26,35,38H,20-21H2,1H3;1-4H2/b18-13+;. The Morgan fingerprint density at radius 1 is 0.809 bits per heavy atom. The smallest absolute Gasteiger partial charge is 0.251 e. The van der Waals surface area contributed by atoms with E-state index >= 15 is 0 Å². The zero-order chi connectivity index (χ0) is 32.8. The fraction of sp³-hybridized carbons (Fsp3) is 0.231. The predicted octanol–water partition coefficient (Wildman–Crippen LogP) is 8.95. The van der Waals surface area contributed by atoms with Gasteiger partial charge in [-0.25, -0.2) is 0 Å². The number of carbonyl (C=O) groups excluding carboxylic acids is 2. The van der Waals surface area contributed by atoms with Crippen molar-refractivity contribution in [1.29, 1.82) is 0 Å². The van der Waals surface area contributed by atoms with Crippen LogP contribution in [0.25, 0.3) is 6.08 Å². The van der Waals surface area contributed by atoms with Crippen molar-refractivity contribution in [1.82, 2.24) is 0 Å². The average molecular weight is 668 g/mol. The van der Waals surface area contributed by atoms with Gasteiger partial charge in [0.1, 0.15) is 0 Å². The maximum atomic E-state index is 14.2. The molecule has 4 aromatic carbocycles. The van der Waals surface area contributed by atoms with E-state index in [1.54, 1.807) is 17.0 Å². The van der Waals surface area contributed by atoms with Crippen LogP contribution in [0.2, 0.25) is 10.0 Å². The van der Waals surface area contributed by atoms with Crippen LogP contribution in [-0.2, 0) is 19.1 Å². The highest BCUT2D eigenvalue weighted by Crippen LogP contribution is 2.48. The molecule has 8 heteroatoms. The van der Waals surface area contributed by atoms with Crippen LogP contribution in [0.5, 0.6) is 0 Å². The van der Waals surface area contributed by atoms with Crippen LogP contribution in [0.15, 0.2) is 114 Å². The highest BCUT2D eigenvalue weighted by Gasteiger charge is 2.41. The molecule has 0 bridgehead atoms. The summed E-state index contributed by atoms with van der Waals surface area (Å²) in [6.07, 6.45) is 4.30. The van der Waals surface area contributed by atoms with Crippen LogP contribution in [0, 0.1) is 6.92 Å². The second kappa shape index (κ2) is 15.1. The first-order valence-corrected chi connectivity index (χ1v) is 16.5. The quantitative estimate of drug-likeness (QED) is 0.220. The molecule has 2 atom stereocenters. The third kappa shape index (κ3) is 7.69. The number of ether oxygens (including phenoxy) is 2. The van der Waals surface area contributed by atoms with Crippen LogP contribution in [0.4, 0.5) is 11.4 Å². The van der Waals surface area contributed by atoms with Crippen molar-refractivity contribution in [2.24, 2.45) is 0 Å². The van der Waals surface area contributed by atoms with Crippen molar-refractivity contribution in [2.75, 3.05) is 36.6 Å². The Morgan fingerprint density at radius 3 is 2.15 bits per heavy atom. The van der Waals surface area contributed by atoms with Crippen molar-refractivity contribution in [2.45, 2.75) is 31.7 Å². The summed E-state index contributed by atoms with van der Waals surface area (Å²) < 4.78 is 9.89. The van der Waals surface area contributed by atoms with Gasteiger partial charge in [0, 0.05) is 23.8 Å². The van der Waals surface area contributed by atoms with Gasteiger partial charge in [-0.05, 0) is 66.3 Å². The molecule has 1 amide bonds. The number of nitrogens with zero attached hydrogens (tertiary/aromatic N) is 1. The van der Waals surface area contributed by atoms with E-state index in [9.17, 15) is 9.59 Å². The van der Waals surface area contributed by atoms with Gasteiger partial charge < -0.3 is 14.8 Å². The molecule has 7 rings (SSSR count). The molecule has 0 aromatic heterocycles. The Hall–Kier alpha value is -4.20. The zero-order valence-electron chi connectivity index (χ0n) is 26.1. The van der Waals surface area contributed by atoms with Gasteiger partial charge in [0.15, 0.2) is 5.78 Å². The largest absolute Gasteiger partial charge is 0.377 e. The first-order chi connectivity index (χ1) is 22.9. The number of nitrogens with one attached hydrogen (secondary N) is 1. The lowest BCUT2D eigenvalue weighted by Crippen LogP contribution is -2.37. The van der Waals surface area contributed by atoms with Crippen molar-refractivity contribution in [3.05, 3.63) is 147 Å². The van der Waals surface area contributed by atoms with Crippen LogP contribution in [0.3, 0.4) is 0 Å². The van der Waals surface area contributed by atoms with Gasteiger partial charge in [-0.3, -0.25) is 14.5 Å². The van der Waals surface area contributed by atoms with Crippen LogP contribution < -0.4 is 10.2 Å². The van der Waals surface area contributed by atoms with E-state index in [-0.39, 0.29) is 17.6 Å². The Balaban J connectivity index is 0.000000580. The topological polar surface area (TPSA) is 67.9 Å². The molecule has 1 N–H and O–H groups in total. The number of para-hydroxylation sites is 2. The van der Waals surface area contributed by atoms with E-state index < -0.39 is 6.04 Å². The third-order valence-corrected chi connectivity index (χ3v) is 9.24. The number of fused-ring (bicyclic) bond motifs is 1. The van der Waals surface area contributed by atoms with Crippen LogP contribution >= 0.6 is 23.2 Å². The molecule has 0 spiro atoms. The van der Waals surface area contributed by atoms with Crippen LogP contribution in [-0.4, -0.2) is 38.1 Å². The fourth-order valence-corrected chi connectivity index (χ4v) is 6.46. The lowest BCUT2D eigenvalue weighted by Gasteiger charge is -2.34. The molecule has 240 valence electrons. The minimum Gasteiger partial charge on any atom is -0.377 e. The van der Waals surface area contributed by atoms with E-state index in [1.165, 1.54) is 0 Å². The SMILES string of the molecule is C1COCCO1.Cc1ccc(C2C3=C(CC(c4ccc(Cl)c(Cl)c4)CC3=O)Nc3ccccc3N2C(=O)/C=C/c2ccccc2)cc1. The van der Waals surface area contributed by atoms with Gasteiger partial charge in [-0.15, -0.1) is 0 Å². The number of carbonyl (C=O) groups is 2. The number of Topliss-reactive ketones (excluding diaryl/α,β-unsaturated/α-hetero) is 1. The molecule has 4 aromatic rings. The van der Waals surface area contributed by atoms with Gasteiger partial charge in [0.05, 0.1) is 53.9 Å². The number of hydrogen-bond donors (Lipinski definition) is 1. The highest BCUT2D eigenvalue weighted by molar-refractivity contribution is 6.42. The predicted molar refractivity (Wildman–Crippen MR) is 189 cm³/mol. The highest BCUT2D eigenvalue weighted by atomic mass is 35.5. The molecule has 2 heterocycles. The number of allylic oxidation sites excluding steroid dienone is 1. The number of aryl methyl sites for hydroxylation is 1. The van der Waals surface area contributed by atoms with Crippen molar-refractivity contribution < 1.29 is 19.1 Å². The average Bonchev–Trinajstić information content (AvgIpc) is 3.25. The van der Waals surface area contributed by atoms with E-state index in [1.807, 2.05) is 104 Å². The van der Waals surface area contributed by atoms with E-state index in [0.29, 0.717) is 34.1 Å². The Bertz CT molecular complexity index is 1790. The van der Waals surface area contributed by atoms with Gasteiger partial charge in [-0.2, -0.15) is 0 Å². The third-order valence-electron chi connectivity index (χ3n) is 8.50. The molecule has 0 saturated carbocycles. The Kier molecular flexibility index (Phi) is 10.5. The number of rotatable bonds is 4. The summed E-state index contributed by atoms with van der Waals surface area (Å²) in [6, 6.07) is 30.5.